The Labute approximate surface area is 153 Å². The van der Waals surface area contributed by atoms with Gasteiger partial charge in [-0.15, -0.1) is 0 Å². The van der Waals surface area contributed by atoms with Crippen LogP contribution in [0.5, 0.6) is 0 Å². The van der Waals surface area contributed by atoms with Crippen molar-refractivity contribution in [3.63, 3.8) is 0 Å². The number of carbonyl (C=O) groups excluding carboxylic acids is 1. The summed E-state index contributed by atoms with van der Waals surface area (Å²) < 4.78 is 19.5. The van der Waals surface area contributed by atoms with Crippen molar-refractivity contribution in [3.05, 3.63) is 35.3 Å². The van der Waals surface area contributed by atoms with Crippen LogP contribution in [0.4, 0.5) is 9.18 Å². The highest BCUT2D eigenvalue weighted by Gasteiger charge is 2.27. The number of aliphatic hydroxyl groups excluding tert-OH is 1. The molecule has 1 aromatic heterocycles. The number of urea groups is 1. The Morgan fingerprint density at radius 1 is 1.27 bits per heavy atom. The zero-order chi connectivity index (χ0) is 18.8. The Morgan fingerprint density at radius 3 is 2.62 bits per heavy atom. The third-order valence-corrected chi connectivity index (χ3v) is 5.20. The van der Waals surface area contributed by atoms with Crippen molar-refractivity contribution < 1.29 is 18.7 Å². The molecule has 6 heteroatoms. The number of furan rings is 1. The van der Waals surface area contributed by atoms with Crippen LogP contribution in [0.15, 0.2) is 22.6 Å². The van der Waals surface area contributed by atoms with Crippen molar-refractivity contribution in [2.24, 2.45) is 5.92 Å². The normalized spacial score (nSPS) is 21.8. The zero-order valence-electron chi connectivity index (χ0n) is 15.5. The lowest BCUT2D eigenvalue weighted by Gasteiger charge is -2.28. The average molecular weight is 362 g/mol. The highest BCUT2D eigenvalue weighted by Crippen LogP contribution is 2.33. The van der Waals surface area contributed by atoms with Crippen LogP contribution >= 0.6 is 0 Å². The minimum atomic E-state index is -0.306. The van der Waals surface area contributed by atoms with E-state index in [2.05, 4.69) is 10.6 Å². The predicted octanol–water partition coefficient (Wildman–Crippen LogP) is 4.18. The lowest BCUT2D eigenvalue weighted by Crippen LogP contribution is -2.46. The smallest absolute Gasteiger partial charge is 0.315 e. The van der Waals surface area contributed by atoms with Crippen molar-refractivity contribution in [2.75, 3.05) is 0 Å². The van der Waals surface area contributed by atoms with Crippen molar-refractivity contribution in [2.45, 2.75) is 64.6 Å². The van der Waals surface area contributed by atoms with Crippen LogP contribution in [0.25, 0.3) is 11.0 Å². The molecule has 1 aromatic carbocycles. The summed E-state index contributed by atoms with van der Waals surface area (Å²) >= 11 is 0. The fourth-order valence-corrected chi connectivity index (χ4v) is 3.63. The van der Waals surface area contributed by atoms with Crippen molar-refractivity contribution in [3.8, 4) is 0 Å². The second-order valence-electron chi connectivity index (χ2n) is 7.58. The lowest BCUT2D eigenvalue weighted by atomic mass is 9.93. The van der Waals surface area contributed by atoms with Gasteiger partial charge in [0.15, 0.2) is 0 Å². The Morgan fingerprint density at radius 2 is 1.96 bits per heavy atom. The molecule has 1 saturated carbocycles. The summed E-state index contributed by atoms with van der Waals surface area (Å²) in [5.74, 6) is 0.465. The van der Waals surface area contributed by atoms with Gasteiger partial charge in [-0.05, 0) is 56.7 Å². The number of hydrogen-bond acceptors (Lipinski definition) is 3. The highest BCUT2D eigenvalue weighted by atomic mass is 19.1. The molecule has 0 saturated heterocycles. The van der Waals surface area contributed by atoms with Crippen molar-refractivity contribution in [1.82, 2.24) is 10.6 Å². The van der Waals surface area contributed by atoms with Gasteiger partial charge in [-0.3, -0.25) is 0 Å². The molecule has 1 aliphatic carbocycles. The third kappa shape index (κ3) is 4.01. The Hall–Kier alpha value is -2.08. The quantitative estimate of drug-likeness (QED) is 0.764. The molecule has 1 atom stereocenters. The molecule has 0 aliphatic heterocycles. The fraction of sp³-hybridized carbons (Fsp3) is 0.550. The van der Waals surface area contributed by atoms with E-state index in [1.807, 2.05) is 20.8 Å². The van der Waals surface area contributed by atoms with Crippen LogP contribution < -0.4 is 10.6 Å². The third-order valence-electron chi connectivity index (χ3n) is 5.20. The molecule has 1 heterocycles. The molecule has 5 nitrogen and oxygen atoms in total. The maximum absolute atomic E-state index is 13.5. The Balaban J connectivity index is 1.75. The highest BCUT2D eigenvalue weighted by molar-refractivity contribution is 5.82. The van der Waals surface area contributed by atoms with E-state index in [1.165, 1.54) is 12.1 Å². The lowest BCUT2D eigenvalue weighted by molar-refractivity contribution is 0.117. The summed E-state index contributed by atoms with van der Waals surface area (Å²) in [7, 11) is 0. The molecule has 1 aliphatic rings. The van der Waals surface area contributed by atoms with E-state index >= 15 is 0 Å². The van der Waals surface area contributed by atoms with E-state index in [0.717, 1.165) is 23.8 Å². The number of halogens is 1. The van der Waals surface area contributed by atoms with Crippen LogP contribution in [0.3, 0.4) is 0 Å². The predicted molar refractivity (Wildman–Crippen MR) is 98.4 cm³/mol. The molecular formula is C20H27FN2O3. The Kier molecular flexibility index (Phi) is 5.51. The van der Waals surface area contributed by atoms with E-state index in [9.17, 15) is 14.3 Å². The van der Waals surface area contributed by atoms with Gasteiger partial charge in [-0.25, -0.2) is 9.18 Å². The molecule has 26 heavy (non-hydrogen) atoms. The SMILES string of the molecule is Cc1c(C(NC(=O)N[C@H]2CC[C@H](O)CC2)C(C)C)oc2ccc(F)cc12. The van der Waals surface area contributed by atoms with E-state index in [4.69, 9.17) is 4.42 Å². The first kappa shape index (κ1) is 18.7. The summed E-state index contributed by atoms with van der Waals surface area (Å²) in [6.07, 6.45) is 2.74. The number of fused-ring (bicyclic) bond motifs is 1. The van der Waals surface area contributed by atoms with Gasteiger partial charge in [0.25, 0.3) is 0 Å². The topological polar surface area (TPSA) is 74.5 Å². The molecule has 2 aromatic rings. The van der Waals surface area contributed by atoms with E-state index in [-0.39, 0.29) is 36.0 Å². The standard InChI is InChI=1S/C20H27FN2O3/c1-11(2)18(23-20(25)22-14-5-7-15(24)8-6-14)19-12(3)16-10-13(21)4-9-17(16)26-19/h4,9-11,14-15,18,24H,5-8H2,1-3H3,(H2,22,23,25)/t14-,15-,18?. The first-order valence-corrected chi connectivity index (χ1v) is 9.28. The number of aliphatic hydroxyl groups is 1. The molecule has 1 unspecified atom stereocenters. The first-order chi connectivity index (χ1) is 12.3. The number of amides is 2. The van der Waals surface area contributed by atoms with Gasteiger partial charge in [0.05, 0.1) is 12.1 Å². The summed E-state index contributed by atoms with van der Waals surface area (Å²) in [5.41, 5.74) is 1.47. The molecule has 0 bridgehead atoms. The minimum absolute atomic E-state index is 0.0806. The first-order valence-electron chi connectivity index (χ1n) is 9.28. The summed E-state index contributed by atoms with van der Waals surface area (Å²) in [6.45, 7) is 5.91. The summed E-state index contributed by atoms with van der Waals surface area (Å²) in [4.78, 5) is 12.5. The number of rotatable bonds is 4. The molecule has 3 rings (SSSR count). The molecule has 0 radical (unpaired) electrons. The number of carbonyl (C=O) groups is 1. The molecule has 1 fully saturated rings. The molecule has 3 N–H and O–H groups in total. The van der Waals surface area contributed by atoms with E-state index in [0.29, 0.717) is 24.2 Å². The maximum Gasteiger partial charge on any atom is 0.315 e. The minimum Gasteiger partial charge on any atom is -0.459 e. The van der Waals surface area contributed by atoms with Crippen LogP contribution in [-0.2, 0) is 0 Å². The monoisotopic (exact) mass is 362 g/mol. The molecule has 142 valence electrons. The molecule has 2 amide bonds. The van der Waals surface area contributed by atoms with Gasteiger partial charge in [0.1, 0.15) is 17.2 Å². The second-order valence-corrected chi connectivity index (χ2v) is 7.58. The van der Waals surface area contributed by atoms with Gasteiger partial charge < -0.3 is 20.2 Å². The number of aryl methyl sites for hydroxylation is 1. The van der Waals surface area contributed by atoms with Crippen molar-refractivity contribution in [1.29, 1.82) is 0 Å². The van der Waals surface area contributed by atoms with E-state index in [1.54, 1.807) is 6.07 Å². The molecule has 0 spiro atoms. The second kappa shape index (κ2) is 7.66. The van der Waals surface area contributed by atoms with Gasteiger partial charge in [0.2, 0.25) is 0 Å². The largest absolute Gasteiger partial charge is 0.459 e. The van der Waals surface area contributed by atoms with Gasteiger partial charge in [-0.2, -0.15) is 0 Å². The molecular weight excluding hydrogens is 335 g/mol. The average Bonchev–Trinajstić information content (AvgIpc) is 2.91. The number of nitrogens with one attached hydrogen (secondary N) is 2. The summed E-state index contributed by atoms with van der Waals surface area (Å²) in [6, 6.07) is 3.98. The van der Waals surface area contributed by atoms with Gasteiger partial charge in [-0.1, -0.05) is 13.8 Å². The van der Waals surface area contributed by atoms with Gasteiger partial charge >= 0.3 is 6.03 Å². The maximum atomic E-state index is 13.5. The Bertz CT molecular complexity index is 779. The number of hydrogen-bond donors (Lipinski definition) is 3. The van der Waals surface area contributed by atoms with Crippen molar-refractivity contribution >= 4 is 17.0 Å². The fourth-order valence-electron chi connectivity index (χ4n) is 3.63. The van der Waals surface area contributed by atoms with Gasteiger partial charge in [0, 0.05) is 17.0 Å². The van der Waals surface area contributed by atoms with E-state index < -0.39 is 0 Å². The van der Waals surface area contributed by atoms with Crippen LogP contribution in [0.2, 0.25) is 0 Å². The summed E-state index contributed by atoms with van der Waals surface area (Å²) in [5, 5.41) is 16.3. The number of benzene rings is 1. The van der Waals surface area contributed by atoms with Crippen LogP contribution in [-0.4, -0.2) is 23.3 Å². The van der Waals surface area contributed by atoms with Crippen LogP contribution in [0.1, 0.15) is 56.9 Å². The zero-order valence-corrected chi connectivity index (χ0v) is 15.5. The van der Waals surface area contributed by atoms with Crippen LogP contribution in [0, 0.1) is 18.7 Å².